The molecule has 1 unspecified atom stereocenters. The summed E-state index contributed by atoms with van der Waals surface area (Å²) in [5.74, 6) is -1.95. The Hall–Kier alpha value is -4.43. The predicted octanol–water partition coefficient (Wildman–Crippen LogP) is 3.58. The minimum absolute atomic E-state index is 0.00956. The van der Waals surface area contributed by atoms with Crippen molar-refractivity contribution in [2.75, 3.05) is 44.4 Å². The number of fused-ring (bicyclic) bond motifs is 1. The number of carbonyl (C=O) groups excluding carboxylic acids is 2. The van der Waals surface area contributed by atoms with Crippen LogP contribution in [0.4, 0.5) is 23.2 Å². The molecular formula is C32H32F4N4O6. The molecule has 3 aromatic rings. The molecule has 1 aromatic heterocycles. The number of morpholine rings is 1. The summed E-state index contributed by atoms with van der Waals surface area (Å²) in [6, 6.07) is 10.3. The van der Waals surface area contributed by atoms with E-state index in [2.05, 4.69) is 10.3 Å². The fraction of sp³-hybridized carbons (Fsp3) is 0.406. The van der Waals surface area contributed by atoms with Crippen molar-refractivity contribution in [1.29, 1.82) is 0 Å². The maximum absolute atomic E-state index is 14.8. The number of aromatic nitrogens is 1. The lowest BCUT2D eigenvalue weighted by molar-refractivity contribution is -0.265. The summed E-state index contributed by atoms with van der Waals surface area (Å²) in [5, 5.41) is 13.5. The van der Waals surface area contributed by atoms with E-state index in [0.29, 0.717) is 32.1 Å². The molecule has 0 bridgehead atoms. The van der Waals surface area contributed by atoms with Crippen LogP contribution in [-0.4, -0.2) is 73.6 Å². The van der Waals surface area contributed by atoms with E-state index in [0.717, 1.165) is 36.7 Å². The molecule has 2 aromatic carbocycles. The van der Waals surface area contributed by atoms with Crippen LogP contribution < -0.4 is 25.4 Å². The van der Waals surface area contributed by atoms with E-state index in [4.69, 9.17) is 19.9 Å². The van der Waals surface area contributed by atoms with Crippen molar-refractivity contribution in [2.45, 2.75) is 43.1 Å². The Labute approximate surface area is 261 Å². The summed E-state index contributed by atoms with van der Waals surface area (Å²) in [6.07, 6.45) is -3.65. The first kappa shape index (κ1) is 31.5. The zero-order valence-electron chi connectivity index (χ0n) is 24.8. The van der Waals surface area contributed by atoms with Gasteiger partial charge in [-0.05, 0) is 68.3 Å². The first-order valence-electron chi connectivity index (χ1n) is 14.8. The zero-order chi connectivity index (χ0) is 32.9. The molecule has 244 valence electrons. The van der Waals surface area contributed by atoms with Crippen molar-refractivity contribution >= 4 is 17.5 Å². The van der Waals surface area contributed by atoms with Gasteiger partial charge in [0.2, 0.25) is 11.5 Å². The molecule has 4 N–H and O–H groups in total. The summed E-state index contributed by atoms with van der Waals surface area (Å²) in [7, 11) is 0. The molecule has 1 aliphatic carbocycles. The monoisotopic (exact) mass is 644 g/mol. The quantitative estimate of drug-likeness (QED) is 0.301. The van der Waals surface area contributed by atoms with E-state index in [1.807, 2.05) is 4.90 Å². The maximum atomic E-state index is 14.8. The number of aliphatic hydroxyl groups is 1. The molecule has 1 saturated carbocycles. The Morgan fingerprint density at radius 2 is 1.83 bits per heavy atom. The Kier molecular flexibility index (Phi) is 8.05. The van der Waals surface area contributed by atoms with Crippen LogP contribution in [0.5, 0.6) is 11.5 Å². The topological polar surface area (TPSA) is 136 Å². The molecule has 14 heteroatoms. The van der Waals surface area contributed by atoms with Crippen LogP contribution >= 0.6 is 0 Å². The van der Waals surface area contributed by atoms with Gasteiger partial charge in [-0.25, -0.2) is 9.37 Å². The highest BCUT2D eigenvalue weighted by atomic mass is 19.4. The third kappa shape index (κ3) is 5.82. The highest BCUT2D eigenvalue weighted by Gasteiger charge is 2.57. The summed E-state index contributed by atoms with van der Waals surface area (Å²) < 4.78 is 75.1. The molecule has 2 aliphatic heterocycles. The van der Waals surface area contributed by atoms with Gasteiger partial charge in [0.25, 0.3) is 5.91 Å². The van der Waals surface area contributed by atoms with Crippen LogP contribution in [0.2, 0.25) is 0 Å². The minimum atomic E-state index is -5.34. The second-order valence-corrected chi connectivity index (χ2v) is 11.9. The second-order valence-electron chi connectivity index (χ2n) is 11.9. The van der Waals surface area contributed by atoms with Crippen LogP contribution in [0, 0.1) is 5.82 Å². The van der Waals surface area contributed by atoms with Crippen molar-refractivity contribution in [3.8, 4) is 22.8 Å². The van der Waals surface area contributed by atoms with Gasteiger partial charge in [-0.2, -0.15) is 13.2 Å². The van der Waals surface area contributed by atoms with Crippen molar-refractivity contribution in [3.63, 3.8) is 0 Å². The number of nitrogens with one attached hydrogen (secondary N) is 1. The first-order chi connectivity index (χ1) is 21.8. The number of nitrogens with zero attached hydrogens (tertiary/aromatic N) is 2. The number of hydrogen-bond donors (Lipinski definition) is 3. The van der Waals surface area contributed by atoms with Crippen LogP contribution in [-0.2, 0) is 20.5 Å². The fourth-order valence-corrected chi connectivity index (χ4v) is 5.43. The van der Waals surface area contributed by atoms with Crippen LogP contribution in [0.1, 0.15) is 41.4 Å². The molecule has 2 fully saturated rings. The van der Waals surface area contributed by atoms with Gasteiger partial charge < -0.3 is 35.3 Å². The molecule has 3 aliphatic rings. The number of hydrogen-bond acceptors (Lipinski definition) is 8. The fourth-order valence-electron chi connectivity index (χ4n) is 5.43. The summed E-state index contributed by atoms with van der Waals surface area (Å²) >= 11 is 0. The van der Waals surface area contributed by atoms with Crippen LogP contribution in [0.3, 0.4) is 0 Å². The summed E-state index contributed by atoms with van der Waals surface area (Å²) in [5.41, 5.74) is 0.196. The Morgan fingerprint density at radius 1 is 1.13 bits per heavy atom. The average molecular weight is 645 g/mol. The molecule has 6 rings (SSSR count). The Balaban J connectivity index is 1.35. The summed E-state index contributed by atoms with van der Waals surface area (Å²) in [6.45, 7) is 2.05. The number of primary amides is 1. The second kappa shape index (κ2) is 11.7. The van der Waals surface area contributed by atoms with E-state index in [9.17, 15) is 32.3 Å². The zero-order valence-corrected chi connectivity index (χ0v) is 24.8. The van der Waals surface area contributed by atoms with Gasteiger partial charge in [0, 0.05) is 29.8 Å². The van der Waals surface area contributed by atoms with Gasteiger partial charge in [-0.15, -0.1) is 0 Å². The number of halogens is 4. The first-order valence-corrected chi connectivity index (χ1v) is 14.8. The highest BCUT2D eigenvalue weighted by Crippen LogP contribution is 2.48. The van der Waals surface area contributed by atoms with Gasteiger partial charge >= 0.3 is 6.18 Å². The molecule has 10 nitrogen and oxygen atoms in total. The Bertz CT molecular complexity index is 1660. The van der Waals surface area contributed by atoms with Crippen molar-refractivity contribution in [2.24, 2.45) is 5.73 Å². The smallest absolute Gasteiger partial charge is 0.424 e. The van der Waals surface area contributed by atoms with Crippen molar-refractivity contribution in [3.05, 3.63) is 71.2 Å². The van der Waals surface area contributed by atoms with Gasteiger partial charge in [0.05, 0.1) is 37.2 Å². The van der Waals surface area contributed by atoms with E-state index in [1.165, 1.54) is 31.2 Å². The van der Waals surface area contributed by atoms with E-state index in [-0.39, 0.29) is 40.8 Å². The van der Waals surface area contributed by atoms with Crippen LogP contribution in [0.25, 0.3) is 11.3 Å². The molecule has 46 heavy (non-hydrogen) atoms. The molecule has 0 spiro atoms. The lowest BCUT2D eigenvalue weighted by atomic mass is 9.81. The van der Waals surface area contributed by atoms with E-state index < -0.39 is 47.1 Å². The third-order valence-electron chi connectivity index (χ3n) is 8.52. The standard InChI is InChI=1S/C32H32F4N4O6/c1-30(29(37)42)17-45-27-22(30)15-25(39-26(27)18-2-5-20(33)6-3-18)31(43,32(34,35)36)16-38-28(41)19-4-9-23(40-10-12-44-13-11-40)24(14-19)46-21-7-8-21/h2-6,9,14-15,21,43H,7-8,10-13,16-17H2,1H3,(H2,37,42)(H,38,41)/t30-,31?/m0/s1. The molecule has 0 radical (unpaired) electrons. The maximum Gasteiger partial charge on any atom is 0.424 e. The summed E-state index contributed by atoms with van der Waals surface area (Å²) in [4.78, 5) is 31.9. The van der Waals surface area contributed by atoms with Crippen molar-refractivity contribution in [1.82, 2.24) is 10.3 Å². The predicted molar refractivity (Wildman–Crippen MR) is 157 cm³/mol. The van der Waals surface area contributed by atoms with E-state index in [1.54, 1.807) is 6.07 Å². The SMILES string of the molecule is C[C@]1(C(N)=O)COc2c1cc(C(O)(CNC(=O)c1ccc(N3CCOCC3)c(OC3CC3)c1)C(F)(F)F)nc2-c1ccc(F)cc1. The number of benzene rings is 2. The molecule has 2 atom stereocenters. The van der Waals surface area contributed by atoms with Gasteiger partial charge in [0.1, 0.15) is 35.0 Å². The highest BCUT2D eigenvalue weighted by molar-refractivity contribution is 5.95. The lowest BCUT2D eigenvalue weighted by Crippen LogP contribution is -2.51. The van der Waals surface area contributed by atoms with Gasteiger partial charge in [-0.1, -0.05) is 0 Å². The van der Waals surface area contributed by atoms with Gasteiger partial charge in [0.15, 0.2) is 0 Å². The molecule has 3 heterocycles. The molecular weight excluding hydrogens is 612 g/mol. The number of alkyl halides is 3. The largest absolute Gasteiger partial charge is 0.489 e. The third-order valence-corrected chi connectivity index (χ3v) is 8.52. The van der Waals surface area contributed by atoms with E-state index >= 15 is 0 Å². The minimum Gasteiger partial charge on any atom is -0.489 e. The Morgan fingerprint density at radius 3 is 2.46 bits per heavy atom. The number of carbonyl (C=O) groups is 2. The molecule has 1 saturated heterocycles. The van der Waals surface area contributed by atoms with Crippen molar-refractivity contribution < 1.29 is 46.5 Å². The van der Waals surface area contributed by atoms with Crippen LogP contribution in [0.15, 0.2) is 48.5 Å². The number of pyridine rings is 1. The normalized spacial score (nSPS) is 20.8. The number of ether oxygens (including phenoxy) is 3. The number of amides is 2. The molecule has 2 amide bonds. The average Bonchev–Trinajstić information content (AvgIpc) is 3.79. The number of nitrogens with two attached hydrogens (primary N) is 1. The lowest BCUT2D eigenvalue weighted by Gasteiger charge is -2.32. The number of rotatable bonds is 9. The number of anilines is 1. The van der Waals surface area contributed by atoms with Gasteiger partial charge in [-0.3, -0.25) is 9.59 Å².